The van der Waals surface area contributed by atoms with E-state index >= 15 is 0 Å². The molecule has 0 aliphatic heterocycles. The molecule has 0 aliphatic rings. The minimum Gasteiger partial charge on any atom is -0.508 e. The van der Waals surface area contributed by atoms with Gasteiger partial charge in [0.1, 0.15) is 11.5 Å². The summed E-state index contributed by atoms with van der Waals surface area (Å²) in [7, 11) is 0. The van der Waals surface area contributed by atoms with Gasteiger partial charge in [0, 0.05) is 0 Å². The summed E-state index contributed by atoms with van der Waals surface area (Å²) >= 11 is 0. The highest BCUT2D eigenvalue weighted by Gasteiger charge is 2.02. The first-order chi connectivity index (χ1) is 7.69. The molecule has 0 saturated heterocycles. The fraction of sp³-hybridized carbons (Fsp3) is 0.143. The van der Waals surface area contributed by atoms with E-state index in [-0.39, 0.29) is 11.5 Å². The fourth-order valence-corrected chi connectivity index (χ4v) is 1.70. The molecule has 0 unspecified atom stereocenters. The molecule has 16 heavy (non-hydrogen) atoms. The van der Waals surface area contributed by atoms with E-state index in [2.05, 4.69) is 6.92 Å². The van der Waals surface area contributed by atoms with Gasteiger partial charge in [-0.15, -0.1) is 0 Å². The number of phenols is 2. The maximum atomic E-state index is 9.59. The van der Waals surface area contributed by atoms with Gasteiger partial charge in [0.15, 0.2) is 0 Å². The van der Waals surface area contributed by atoms with Crippen molar-refractivity contribution in [3.63, 3.8) is 0 Å². The topological polar surface area (TPSA) is 40.5 Å². The molecule has 0 radical (unpaired) electrons. The van der Waals surface area contributed by atoms with Gasteiger partial charge in [0.2, 0.25) is 0 Å². The van der Waals surface area contributed by atoms with Gasteiger partial charge < -0.3 is 10.2 Å². The van der Waals surface area contributed by atoms with E-state index in [1.165, 1.54) is 0 Å². The first kappa shape index (κ1) is 10.6. The first-order valence-electron chi connectivity index (χ1n) is 5.31. The van der Waals surface area contributed by atoms with Gasteiger partial charge in [-0.25, -0.2) is 0 Å². The Morgan fingerprint density at radius 3 is 2.12 bits per heavy atom. The van der Waals surface area contributed by atoms with Crippen molar-refractivity contribution in [3.8, 4) is 22.6 Å². The van der Waals surface area contributed by atoms with Gasteiger partial charge in [-0.1, -0.05) is 25.1 Å². The van der Waals surface area contributed by atoms with Crippen LogP contribution in [-0.2, 0) is 6.42 Å². The Morgan fingerprint density at radius 1 is 0.812 bits per heavy atom. The highest BCUT2D eigenvalue weighted by Crippen LogP contribution is 2.26. The summed E-state index contributed by atoms with van der Waals surface area (Å²) in [5, 5.41) is 18.8. The monoisotopic (exact) mass is 214 g/mol. The number of phenolic OH excluding ortho intramolecular Hbond substituents is 2. The van der Waals surface area contributed by atoms with Gasteiger partial charge in [-0.2, -0.15) is 0 Å². The molecule has 0 heterocycles. The third kappa shape index (κ3) is 2.16. The van der Waals surface area contributed by atoms with E-state index in [4.69, 9.17) is 0 Å². The van der Waals surface area contributed by atoms with E-state index in [1.807, 2.05) is 18.2 Å². The number of hydrogen-bond donors (Lipinski definition) is 2. The Morgan fingerprint density at radius 2 is 1.50 bits per heavy atom. The molecule has 0 saturated carbocycles. The van der Waals surface area contributed by atoms with Crippen molar-refractivity contribution in [3.05, 3.63) is 48.0 Å². The molecule has 2 aromatic rings. The number of hydrogen-bond acceptors (Lipinski definition) is 2. The zero-order valence-corrected chi connectivity index (χ0v) is 9.14. The molecular formula is C14H14O2. The maximum Gasteiger partial charge on any atom is 0.116 e. The average molecular weight is 214 g/mol. The van der Waals surface area contributed by atoms with Crippen molar-refractivity contribution in [2.24, 2.45) is 0 Å². The van der Waals surface area contributed by atoms with Crippen LogP contribution in [0.15, 0.2) is 42.5 Å². The summed E-state index contributed by atoms with van der Waals surface area (Å²) in [6.07, 6.45) is 0.888. The Hall–Kier alpha value is -1.96. The lowest BCUT2D eigenvalue weighted by Gasteiger charge is -2.06. The van der Waals surface area contributed by atoms with Crippen molar-refractivity contribution in [1.82, 2.24) is 0 Å². The summed E-state index contributed by atoms with van der Waals surface area (Å²) in [4.78, 5) is 0. The van der Waals surface area contributed by atoms with Crippen molar-refractivity contribution in [1.29, 1.82) is 0 Å². The molecule has 0 atom stereocenters. The van der Waals surface area contributed by atoms with E-state index in [0.29, 0.717) is 0 Å². The number of benzene rings is 2. The van der Waals surface area contributed by atoms with Crippen LogP contribution >= 0.6 is 0 Å². The highest BCUT2D eigenvalue weighted by molar-refractivity contribution is 5.66. The van der Waals surface area contributed by atoms with Crippen LogP contribution in [-0.4, -0.2) is 10.2 Å². The van der Waals surface area contributed by atoms with E-state index in [0.717, 1.165) is 23.1 Å². The van der Waals surface area contributed by atoms with Crippen molar-refractivity contribution < 1.29 is 10.2 Å². The Bertz CT molecular complexity index is 487. The lowest BCUT2D eigenvalue weighted by molar-refractivity contribution is 0.475. The smallest absolute Gasteiger partial charge is 0.116 e. The minimum atomic E-state index is 0.250. The highest BCUT2D eigenvalue weighted by atomic mass is 16.3. The average Bonchev–Trinajstić information content (AvgIpc) is 2.29. The van der Waals surface area contributed by atoms with E-state index < -0.39 is 0 Å². The molecule has 2 aromatic carbocycles. The second kappa shape index (κ2) is 4.27. The van der Waals surface area contributed by atoms with Crippen LogP contribution in [0.1, 0.15) is 12.5 Å². The predicted octanol–water partition coefficient (Wildman–Crippen LogP) is 3.33. The summed E-state index contributed by atoms with van der Waals surface area (Å²) in [6, 6.07) is 12.5. The lowest BCUT2D eigenvalue weighted by Crippen LogP contribution is -1.83. The second-order valence-electron chi connectivity index (χ2n) is 3.79. The molecule has 0 spiro atoms. The zero-order valence-electron chi connectivity index (χ0n) is 9.14. The van der Waals surface area contributed by atoms with Gasteiger partial charge in [0.05, 0.1) is 0 Å². The van der Waals surface area contributed by atoms with Crippen LogP contribution in [0, 0.1) is 0 Å². The molecule has 0 aromatic heterocycles. The molecule has 0 aliphatic carbocycles. The van der Waals surface area contributed by atoms with Crippen LogP contribution in [0.3, 0.4) is 0 Å². The van der Waals surface area contributed by atoms with Crippen LogP contribution in [0.25, 0.3) is 11.1 Å². The largest absolute Gasteiger partial charge is 0.508 e. The second-order valence-corrected chi connectivity index (χ2v) is 3.79. The SMILES string of the molecule is CCc1cc(O)cc(-c2ccc(O)cc2)c1. The Balaban J connectivity index is 2.47. The van der Waals surface area contributed by atoms with Crippen molar-refractivity contribution >= 4 is 0 Å². The Kier molecular flexibility index (Phi) is 2.82. The van der Waals surface area contributed by atoms with Crippen molar-refractivity contribution in [2.45, 2.75) is 13.3 Å². The molecule has 2 rings (SSSR count). The van der Waals surface area contributed by atoms with Crippen LogP contribution in [0.2, 0.25) is 0 Å². The first-order valence-corrected chi connectivity index (χ1v) is 5.31. The van der Waals surface area contributed by atoms with Crippen LogP contribution < -0.4 is 0 Å². The molecule has 0 amide bonds. The van der Waals surface area contributed by atoms with Gasteiger partial charge in [-0.05, 0) is 47.4 Å². The summed E-state index contributed by atoms with van der Waals surface area (Å²) < 4.78 is 0. The predicted molar refractivity (Wildman–Crippen MR) is 64.6 cm³/mol. The molecule has 0 bridgehead atoms. The van der Waals surface area contributed by atoms with Crippen LogP contribution in [0.4, 0.5) is 0 Å². The number of rotatable bonds is 2. The maximum absolute atomic E-state index is 9.59. The van der Waals surface area contributed by atoms with Crippen LogP contribution in [0.5, 0.6) is 11.5 Å². The standard InChI is InChI=1S/C14H14O2/c1-2-10-7-12(9-14(16)8-10)11-3-5-13(15)6-4-11/h3-9,15-16H,2H2,1H3. The third-order valence-electron chi connectivity index (χ3n) is 2.59. The Labute approximate surface area is 94.8 Å². The quantitative estimate of drug-likeness (QED) is 0.805. The van der Waals surface area contributed by atoms with E-state index in [9.17, 15) is 10.2 Å². The van der Waals surface area contributed by atoms with E-state index in [1.54, 1.807) is 24.3 Å². The lowest BCUT2D eigenvalue weighted by atomic mass is 10.0. The molecule has 2 heteroatoms. The molecular weight excluding hydrogens is 200 g/mol. The number of aryl methyl sites for hydroxylation is 1. The summed E-state index contributed by atoms with van der Waals surface area (Å²) in [5.74, 6) is 0.530. The van der Waals surface area contributed by atoms with Gasteiger partial charge in [0.25, 0.3) is 0 Å². The van der Waals surface area contributed by atoms with Gasteiger partial charge in [-0.3, -0.25) is 0 Å². The summed E-state index contributed by atoms with van der Waals surface area (Å²) in [5.41, 5.74) is 3.06. The minimum absolute atomic E-state index is 0.250. The van der Waals surface area contributed by atoms with Crippen molar-refractivity contribution in [2.75, 3.05) is 0 Å². The van der Waals surface area contributed by atoms with Gasteiger partial charge >= 0.3 is 0 Å². The molecule has 82 valence electrons. The molecule has 0 fully saturated rings. The molecule has 2 nitrogen and oxygen atoms in total. The summed E-state index contributed by atoms with van der Waals surface area (Å²) in [6.45, 7) is 2.05. The fourth-order valence-electron chi connectivity index (χ4n) is 1.70. The molecule has 2 N–H and O–H groups in total. The number of aromatic hydroxyl groups is 2. The third-order valence-corrected chi connectivity index (χ3v) is 2.59. The normalized spacial score (nSPS) is 10.3. The zero-order chi connectivity index (χ0) is 11.5.